The largest absolute Gasteiger partial charge is 0.416 e. The van der Waals surface area contributed by atoms with Crippen LogP contribution in [0.25, 0.3) is 0 Å². The highest BCUT2D eigenvalue weighted by Gasteiger charge is 2.32. The van der Waals surface area contributed by atoms with E-state index >= 15 is 0 Å². The van der Waals surface area contributed by atoms with E-state index in [0.717, 1.165) is 43.6 Å². The number of amides is 1. The number of halogens is 3. The lowest BCUT2D eigenvalue weighted by molar-refractivity contribution is -0.137. The monoisotopic (exact) mass is 376 g/mol. The Hall–Kier alpha value is -2.50. The second-order valence-corrected chi connectivity index (χ2v) is 7.22. The third-order valence-electron chi connectivity index (χ3n) is 5.01. The lowest BCUT2D eigenvalue weighted by atomic mass is 9.98. The van der Waals surface area contributed by atoms with Gasteiger partial charge in [0.2, 0.25) is 0 Å². The lowest BCUT2D eigenvalue weighted by Gasteiger charge is -2.33. The number of aryl methyl sites for hydroxylation is 1. The van der Waals surface area contributed by atoms with E-state index < -0.39 is 17.6 Å². The Morgan fingerprint density at radius 1 is 1.07 bits per heavy atom. The lowest BCUT2D eigenvalue weighted by Crippen LogP contribution is -2.33. The number of anilines is 2. The van der Waals surface area contributed by atoms with Crippen LogP contribution in [0.4, 0.5) is 24.5 Å². The molecule has 2 aromatic rings. The van der Waals surface area contributed by atoms with Crippen molar-refractivity contribution in [2.75, 3.05) is 23.3 Å². The van der Waals surface area contributed by atoms with Gasteiger partial charge in [-0.05, 0) is 56.0 Å². The molecular formula is C21H23F3N2O. The summed E-state index contributed by atoms with van der Waals surface area (Å²) in [6.45, 7) is 5.61. The number of hydrogen-bond acceptors (Lipinski definition) is 2. The Balaban J connectivity index is 1.92. The van der Waals surface area contributed by atoms with Crippen molar-refractivity contribution in [3.63, 3.8) is 0 Å². The van der Waals surface area contributed by atoms with Gasteiger partial charge in [0.15, 0.2) is 0 Å². The summed E-state index contributed by atoms with van der Waals surface area (Å²) in [6.07, 6.45) is -2.50. The molecule has 0 aliphatic carbocycles. The third kappa shape index (κ3) is 4.62. The number of nitrogens with zero attached hydrogens (tertiary/aromatic N) is 1. The van der Waals surface area contributed by atoms with Gasteiger partial charge in [-0.3, -0.25) is 4.79 Å². The molecule has 6 heteroatoms. The molecule has 0 atom stereocenters. The average molecular weight is 376 g/mol. The molecular weight excluding hydrogens is 353 g/mol. The van der Waals surface area contributed by atoms with Gasteiger partial charge in [-0.25, -0.2) is 0 Å². The molecule has 0 bridgehead atoms. The normalized spacial score (nSPS) is 15.7. The zero-order valence-electron chi connectivity index (χ0n) is 15.4. The third-order valence-corrected chi connectivity index (χ3v) is 5.01. The summed E-state index contributed by atoms with van der Waals surface area (Å²) in [5.74, 6) is 0.183. The van der Waals surface area contributed by atoms with Crippen LogP contribution in [0.2, 0.25) is 0 Å². The molecule has 1 heterocycles. The minimum Gasteiger partial charge on any atom is -0.370 e. The van der Waals surface area contributed by atoms with Crippen molar-refractivity contribution in [1.29, 1.82) is 0 Å². The maximum Gasteiger partial charge on any atom is 0.416 e. The quantitative estimate of drug-likeness (QED) is 0.767. The summed E-state index contributed by atoms with van der Waals surface area (Å²) in [5.41, 5.74) is 1.49. The summed E-state index contributed by atoms with van der Waals surface area (Å²) < 4.78 is 39.5. The minimum absolute atomic E-state index is 0.199. The molecule has 1 aliphatic rings. The van der Waals surface area contributed by atoms with E-state index in [4.69, 9.17) is 0 Å². The topological polar surface area (TPSA) is 32.3 Å². The average Bonchev–Trinajstić information content (AvgIpc) is 2.62. The summed E-state index contributed by atoms with van der Waals surface area (Å²) in [7, 11) is 0. The fourth-order valence-corrected chi connectivity index (χ4v) is 3.24. The van der Waals surface area contributed by atoms with Crippen LogP contribution >= 0.6 is 0 Å². The van der Waals surface area contributed by atoms with Crippen LogP contribution in [0.15, 0.2) is 42.5 Å². The van der Waals surface area contributed by atoms with E-state index in [1.165, 1.54) is 6.07 Å². The van der Waals surface area contributed by atoms with Crippen molar-refractivity contribution in [3.8, 4) is 0 Å². The van der Waals surface area contributed by atoms with Gasteiger partial charge in [0, 0.05) is 18.7 Å². The first kappa shape index (κ1) is 19.3. The fraction of sp³-hybridized carbons (Fsp3) is 0.381. The molecule has 144 valence electrons. The van der Waals surface area contributed by atoms with Crippen LogP contribution in [-0.4, -0.2) is 19.0 Å². The Bertz CT molecular complexity index is 807. The first-order valence-corrected chi connectivity index (χ1v) is 9.08. The van der Waals surface area contributed by atoms with Crippen molar-refractivity contribution in [2.45, 2.75) is 32.9 Å². The number of carbonyl (C=O) groups is 1. The molecule has 0 spiro atoms. The number of nitrogens with one attached hydrogen (secondary N) is 1. The van der Waals surface area contributed by atoms with Gasteiger partial charge in [-0.1, -0.05) is 24.6 Å². The maximum absolute atomic E-state index is 13.2. The van der Waals surface area contributed by atoms with Crippen LogP contribution in [0, 0.1) is 12.8 Å². The number of alkyl halides is 3. The van der Waals surface area contributed by atoms with Gasteiger partial charge in [0.25, 0.3) is 5.91 Å². The van der Waals surface area contributed by atoms with Crippen molar-refractivity contribution >= 4 is 17.3 Å². The van der Waals surface area contributed by atoms with E-state index in [1.54, 1.807) is 24.3 Å². The number of hydrogen-bond donors (Lipinski definition) is 1. The van der Waals surface area contributed by atoms with Gasteiger partial charge in [-0.15, -0.1) is 0 Å². The van der Waals surface area contributed by atoms with E-state index in [0.29, 0.717) is 17.2 Å². The first-order chi connectivity index (χ1) is 12.7. The smallest absolute Gasteiger partial charge is 0.370 e. The van der Waals surface area contributed by atoms with Gasteiger partial charge in [-0.2, -0.15) is 13.2 Å². The molecule has 2 aromatic carbocycles. The number of carbonyl (C=O) groups excluding carboxylic acids is 1. The molecule has 27 heavy (non-hydrogen) atoms. The first-order valence-electron chi connectivity index (χ1n) is 9.08. The highest BCUT2D eigenvalue weighted by atomic mass is 19.4. The molecule has 3 nitrogen and oxygen atoms in total. The summed E-state index contributed by atoms with van der Waals surface area (Å²) >= 11 is 0. The van der Waals surface area contributed by atoms with Gasteiger partial charge < -0.3 is 10.2 Å². The van der Waals surface area contributed by atoms with Crippen LogP contribution in [0.1, 0.15) is 41.3 Å². The van der Waals surface area contributed by atoms with Gasteiger partial charge in [0.1, 0.15) is 0 Å². The summed E-state index contributed by atoms with van der Waals surface area (Å²) in [5, 5.41) is 2.69. The fourth-order valence-electron chi connectivity index (χ4n) is 3.24. The number of piperidine rings is 1. The van der Waals surface area contributed by atoms with Crippen LogP contribution in [0.5, 0.6) is 0 Å². The molecule has 0 radical (unpaired) electrons. The van der Waals surface area contributed by atoms with Gasteiger partial charge >= 0.3 is 6.18 Å². The standard InChI is InChI=1S/C21H23F3N2O/c1-14-3-5-16(6-4-14)20(27)25-18-13-17(21(22,23)24)7-8-19(18)26-11-9-15(2)10-12-26/h3-8,13,15H,9-12H2,1-2H3,(H,25,27). The molecule has 1 N–H and O–H groups in total. The highest BCUT2D eigenvalue weighted by molar-refractivity contribution is 6.06. The predicted molar refractivity (Wildman–Crippen MR) is 101 cm³/mol. The van der Waals surface area contributed by atoms with Crippen LogP contribution < -0.4 is 10.2 Å². The Labute approximate surface area is 157 Å². The molecule has 3 rings (SSSR count). The second-order valence-electron chi connectivity index (χ2n) is 7.22. The second kappa shape index (κ2) is 7.62. The molecule has 1 saturated heterocycles. The zero-order chi connectivity index (χ0) is 19.6. The van der Waals surface area contributed by atoms with Crippen LogP contribution in [0.3, 0.4) is 0 Å². The summed E-state index contributed by atoms with van der Waals surface area (Å²) in [6, 6.07) is 10.5. The van der Waals surface area contributed by atoms with Crippen molar-refractivity contribution in [1.82, 2.24) is 0 Å². The molecule has 1 aliphatic heterocycles. The van der Waals surface area contributed by atoms with E-state index in [2.05, 4.69) is 12.2 Å². The predicted octanol–water partition coefficient (Wildman–Crippen LogP) is 5.50. The Morgan fingerprint density at radius 2 is 1.70 bits per heavy atom. The molecule has 1 amide bonds. The van der Waals surface area contributed by atoms with Crippen molar-refractivity contribution in [3.05, 3.63) is 59.2 Å². The SMILES string of the molecule is Cc1ccc(C(=O)Nc2cc(C(F)(F)F)ccc2N2CCC(C)CC2)cc1. The maximum atomic E-state index is 13.2. The highest BCUT2D eigenvalue weighted by Crippen LogP contribution is 2.37. The van der Waals surface area contributed by atoms with Crippen molar-refractivity contribution < 1.29 is 18.0 Å². The zero-order valence-corrected chi connectivity index (χ0v) is 15.4. The molecule has 0 unspecified atom stereocenters. The summed E-state index contributed by atoms with van der Waals surface area (Å²) in [4.78, 5) is 14.6. The van der Waals surface area contributed by atoms with E-state index in [1.807, 2.05) is 11.8 Å². The molecule has 0 aromatic heterocycles. The Kier molecular flexibility index (Phi) is 5.44. The Morgan fingerprint density at radius 3 is 2.30 bits per heavy atom. The number of rotatable bonds is 3. The molecule has 0 saturated carbocycles. The van der Waals surface area contributed by atoms with Gasteiger partial charge in [0.05, 0.1) is 16.9 Å². The molecule has 1 fully saturated rings. The van der Waals surface area contributed by atoms with E-state index in [-0.39, 0.29) is 5.69 Å². The van der Waals surface area contributed by atoms with E-state index in [9.17, 15) is 18.0 Å². The number of benzene rings is 2. The van der Waals surface area contributed by atoms with Crippen molar-refractivity contribution in [2.24, 2.45) is 5.92 Å². The minimum atomic E-state index is -4.46. The van der Waals surface area contributed by atoms with Crippen LogP contribution in [-0.2, 0) is 6.18 Å².